The summed E-state index contributed by atoms with van der Waals surface area (Å²) in [6.07, 6.45) is 4.37. The summed E-state index contributed by atoms with van der Waals surface area (Å²) in [4.78, 5) is 14.5. The molecule has 132 valence electrons. The van der Waals surface area contributed by atoms with Crippen molar-refractivity contribution in [2.45, 2.75) is 32.6 Å². The number of anilines is 3. The molecule has 0 aliphatic carbocycles. The van der Waals surface area contributed by atoms with Crippen LogP contribution >= 0.6 is 0 Å². The Morgan fingerprint density at radius 3 is 2.44 bits per heavy atom. The first-order valence-electron chi connectivity index (χ1n) is 9.17. The van der Waals surface area contributed by atoms with E-state index in [4.69, 9.17) is 0 Å². The number of carbonyl (C=O) groups is 1. The van der Waals surface area contributed by atoms with Crippen molar-refractivity contribution in [3.05, 3.63) is 54.1 Å². The minimum Gasteiger partial charge on any atom is -0.385 e. The van der Waals surface area contributed by atoms with Gasteiger partial charge in [0.1, 0.15) is 0 Å². The summed E-state index contributed by atoms with van der Waals surface area (Å²) in [5, 5.41) is 6.29. The van der Waals surface area contributed by atoms with Gasteiger partial charge in [-0.3, -0.25) is 4.79 Å². The van der Waals surface area contributed by atoms with Crippen molar-refractivity contribution in [2.24, 2.45) is 0 Å². The second-order valence-corrected chi connectivity index (χ2v) is 6.63. The van der Waals surface area contributed by atoms with Crippen LogP contribution in [0.15, 0.2) is 48.5 Å². The van der Waals surface area contributed by atoms with Crippen molar-refractivity contribution in [1.29, 1.82) is 0 Å². The topological polar surface area (TPSA) is 44.4 Å². The molecule has 0 aromatic heterocycles. The van der Waals surface area contributed by atoms with Crippen LogP contribution in [0.4, 0.5) is 17.1 Å². The van der Waals surface area contributed by atoms with E-state index in [1.54, 1.807) is 0 Å². The number of aryl methyl sites for hydroxylation is 1. The van der Waals surface area contributed by atoms with Gasteiger partial charge in [-0.2, -0.15) is 0 Å². The van der Waals surface area contributed by atoms with Crippen LogP contribution in [-0.4, -0.2) is 25.5 Å². The maximum Gasteiger partial charge on any atom is 0.226 e. The minimum atomic E-state index is 0.0340. The number of hydrogen-bond donors (Lipinski definition) is 2. The third kappa shape index (κ3) is 4.99. The van der Waals surface area contributed by atoms with Crippen molar-refractivity contribution in [3.63, 3.8) is 0 Å². The molecule has 0 atom stereocenters. The Balaban J connectivity index is 1.44. The molecule has 1 aliphatic heterocycles. The summed E-state index contributed by atoms with van der Waals surface area (Å²) >= 11 is 0. The molecular formula is C21H27N3O. The lowest BCUT2D eigenvalue weighted by molar-refractivity contribution is -0.115. The number of piperidine rings is 1. The Morgan fingerprint density at radius 2 is 1.72 bits per heavy atom. The predicted molar refractivity (Wildman–Crippen MR) is 105 cm³/mol. The first-order chi connectivity index (χ1) is 12.2. The first kappa shape index (κ1) is 17.3. The minimum absolute atomic E-state index is 0.0340. The van der Waals surface area contributed by atoms with E-state index in [1.165, 1.54) is 24.9 Å². The summed E-state index contributed by atoms with van der Waals surface area (Å²) < 4.78 is 0. The van der Waals surface area contributed by atoms with Gasteiger partial charge >= 0.3 is 0 Å². The summed E-state index contributed by atoms with van der Waals surface area (Å²) in [5.74, 6) is 0.0340. The average molecular weight is 337 g/mol. The van der Waals surface area contributed by atoms with Gasteiger partial charge in [-0.15, -0.1) is 0 Å². The van der Waals surface area contributed by atoms with Crippen LogP contribution in [-0.2, 0) is 4.79 Å². The van der Waals surface area contributed by atoms with Gasteiger partial charge in [0, 0.05) is 43.1 Å². The van der Waals surface area contributed by atoms with E-state index in [1.807, 2.05) is 31.2 Å². The van der Waals surface area contributed by atoms with Crippen LogP contribution < -0.4 is 15.5 Å². The normalized spacial score (nSPS) is 14.2. The van der Waals surface area contributed by atoms with Gasteiger partial charge in [-0.25, -0.2) is 0 Å². The van der Waals surface area contributed by atoms with Gasteiger partial charge in [0.25, 0.3) is 0 Å². The number of nitrogens with one attached hydrogen (secondary N) is 2. The van der Waals surface area contributed by atoms with Gasteiger partial charge in [-0.1, -0.05) is 18.2 Å². The third-order valence-corrected chi connectivity index (χ3v) is 4.69. The van der Waals surface area contributed by atoms with Gasteiger partial charge in [0.05, 0.1) is 0 Å². The van der Waals surface area contributed by atoms with E-state index in [9.17, 15) is 4.79 Å². The summed E-state index contributed by atoms with van der Waals surface area (Å²) in [7, 11) is 0. The third-order valence-electron chi connectivity index (χ3n) is 4.69. The second kappa shape index (κ2) is 8.56. The van der Waals surface area contributed by atoms with Crippen LogP contribution in [0.3, 0.4) is 0 Å². The lowest BCUT2D eigenvalue weighted by Crippen LogP contribution is -2.29. The van der Waals surface area contributed by atoms with Crippen LogP contribution in [0, 0.1) is 6.92 Å². The van der Waals surface area contributed by atoms with Crippen LogP contribution in [0.25, 0.3) is 0 Å². The molecule has 0 radical (unpaired) electrons. The smallest absolute Gasteiger partial charge is 0.226 e. The molecule has 3 rings (SSSR count). The van der Waals surface area contributed by atoms with E-state index in [-0.39, 0.29) is 5.91 Å². The zero-order valence-corrected chi connectivity index (χ0v) is 14.9. The Kier molecular flexibility index (Phi) is 5.94. The molecule has 0 bridgehead atoms. The van der Waals surface area contributed by atoms with E-state index >= 15 is 0 Å². The lowest BCUT2D eigenvalue weighted by Gasteiger charge is -2.28. The van der Waals surface area contributed by atoms with Gasteiger partial charge in [0.15, 0.2) is 0 Å². The standard InChI is InChI=1S/C21H27N3O/c1-17-7-3-4-8-20(17)23-21(25)13-14-22-18-9-11-19(12-10-18)24-15-5-2-6-16-24/h3-4,7-12,22H,2,5-6,13-16H2,1H3,(H,23,25). The average Bonchev–Trinajstić information content (AvgIpc) is 2.65. The molecule has 1 amide bonds. The molecule has 1 saturated heterocycles. The lowest BCUT2D eigenvalue weighted by atomic mass is 10.1. The number of rotatable bonds is 6. The Labute approximate surface area is 150 Å². The highest BCUT2D eigenvalue weighted by Gasteiger charge is 2.10. The van der Waals surface area contributed by atoms with E-state index in [0.717, 1.165) is 30.0 Å². The molecule has 2 N–H and O–H groups in total. The molecule has 0 spiro atoms. The van der Waals surface area contributed by atoms with Crippen molar-refractivity contribution in [1.82, 2.24) is 0 Å². The second-order valence-electron chi connectivity index (χ2n) is 6.63. The molecule has 25 heavy (non-hydrogen) atoms. The molecular weight excluding hydrogens is 310 g/mol. The Morgan fingerprint density at radius 1 is 1.00 bits per heavy atom. The number of nitrogens with zero attached hydrogens (tertiary/aromatic N) is 1. The van der Waals surface area contributed by atoms with Crippen molar-refractivity contribution < 1.29 is 4.79 Å². The zero-order chi connectivity index (χ0) is 17.5. The van der Waals surface area contributed by atoms with Crippen LogP contribution in [0.1, 0.15) is 31.2 Å². The maximum atomic E-state index is 12.1. The summed E-state index contributed by atoms with van der Waals surface area (Å²) in [6.45, 7) is 4.94. The summed E-state index contributed by atoms with van der Waals surface area (Å²) in [5.41, 5.74) is 4.32. The maximum absolute atomic E-state index is 12.1. The van der Waals surface area contributed by atoms with Gasteiger partial charge in [0.2, 0.25) is 5.91 Å². The number of carbonyl (C=O) groups excluding carboxylic acids is 1. The molecule has 4 nitrogen and oxygen atoms in total. The quantitative estimate of drug-likeness (QED) is 0.820. The molecule has 2 aromatic carbocycles. The molecule has 4 heteroatoms. The first-order valence-corrected chi connectivity index (χ1v) is 9.17. The Hall–Kier alpha value is -2.49. The van der Waals surface area contributed by atoms with Crippen molar-refractivity contribution in [3.8, 4) is 0 Å². The SMILES string of the molecule is Cc1ccccc1NC(=O)CCNc1ccc(N2CCCCC2)cc1. The molecule has 1 heterocycles. The van der Waals surface area contributed by atoms with Gasteiger partial charge < -0.3 is 15.5 Å². The fourth-order valence-electron chi connectivity index (χ4n) is 3.19. The number of hydrogen-bond acceptors (Lipinski definition) is 3. The highest BCUT2D eigenvalue weighted by molar-refractivity contribution is 5.91. The molecule has 0 unspecified atom stereocenters. The fraction of sp³-hybridized carbons (Fsp3) is 0.381. The van der Waals surface area contributed by atoms with E-state index in [0.29, 0.717) is 13.0 Å². The monoisotopic (exact) mass is 337 g/mol. The molecule has 1 fully saturated rings. The summed E-state index contributed by atoms with van der Waals surface area (Å²) in [6, 6.07) is 16.4. The van der Waals surface area contributed by atoms with Crippen molar-refractivity contribution in [2.75, 3.05) is 35.2 Å². The van der Waals surface area contributed by atoms with E-state index in [2.05, 4.69) is 39.8 Å². The zero-order valence-electron chi connectivity index (χ0n) is 14.9. The van der Waals surface area contributed by atoms with Crippen LogP contribution in [0.5, 0.6) is 0 Å². The number of amides is 1. The molecule has 1 aliphatic rings. The largest absolute Gasteiger partial charge is 0.385 e. The molecule has 0 saturated carbocycles. The Bertz CT molecular complexity index is 691. The number of benzene rings is 2. The van der Waals surface area contributed by atoms with Gasteiger partial charge in [-0.05, 0) is 62.1 Å². The fourth-order valence-corrected chi connectivity index (χ4v) is 3.19. The highest BCUT2D eigenvalue weighted by Crippen LogP contribution is 2.21. The van der Waals surface area contributed by atoms with Crippen LogP contribution in [0.2, 0.25) is 0 Å². The molecule has 2 aromatic rings. The predicted octanol–water partition coefficient (Wildman–Crippen LogP) is 4.43. The van der Waals surface area contributed by atoms with E-state index < -0.39 is 0 Å². The highest BCUT2D eigenvalue weighted by atomic mass is 16.1. The number of para-hydroxylation sites is 1. The van der Waals surface area contributed by atoms with Crippen molar-refractivity contribution >= 4 is 23.0 Å².